The van der Waals surface area contributed by atoms with E-state index in [-0.39, 0.29) is 147 Å². The number of carbonyl (C=O) groups excluding carboxylic acids is 7. The Morgan fingerprint density at radius 1 is 0.840 bits per heavy atom. The van der Waals surface area contributed by atoms with Gasteiger partial charge in [0.25, 0.3) is 0 Å². The van der Waals surface area contributed by atoms with Gasteiger partial charge in [-0.25, -0.2) is 9.97 Å². The van der Waals surface area contributed by atoms with E-state index in [9.17, 15) is 46.7 Å². The van der Waals surface area contributed by atoms with Gasteiger partial charge in [0, 0.05) is 101 Å². The highest BCUT2D eigenvalue weighted by Crippen LogP contribution is 2.38. The van der Waals surface area contributed by atoms with Gasteiger partial charge in [0.05, 0.1) is 48.3 Å². The Labute approximate surface area is 434 Å². The highest BCUT2D eigenvalue weighted by Gasteiger charge is 2.45. The number of benzene rings is 1. The van der Waals surface area contributed by atoms with Crippen molar-refractivity contribution in [3.63, 3.8) is 0 Å². The topological polar surface area (TPSA) is 249 Å². The number of alkyl halides is 3. The highest BCUT2D eigenvalue weighted by molar-refractivity contribution is 5.94. The average Bonchev–Trinajstić information content (AvgIpc) is 3.90. The van der Waals surface area contributed by atoms with Crippen molar-refractivity contribution in [1.29, 1.82) is 0 Å². The summed E-state index contributed by atoms with van der Waals surface area (Å²) in [7, 11) is 3.72. The average molecular weight is 1050 g/mol. The number of amides is 7. The molecule has 2 saturated heterocycles. The summed E-state index contributed by atoms with van der Waals surface area (Å²) in [6.45, 7) is 5.38. The molecule has 0 radical (unpaired) electrons. The Bertz CT molecular complexity index is 2500. The summed E-state index contributed by atoms with van der Waals surface area (Å²) in [5.41, 5.74) is 0.243. The molecule has 6 atom stereocenters. The molecule has 4 heterocycles. The molecule has 7 amide bonds. The number of anilines is 1. The summed E-state index contributed by atoms with van der Waals surface area (Å²) in [6.07, 6.45) is 5.13. The first-order chi connectivity index (χ1) is 35.9. The van der Waals surface area contributed by atoms with Gasteiger partial charge in [-0.15, -0.1) is 0 Å². The molecular formula is C52H71F3N12O8. The lowest BCUT2D eigenvalue weighted by atomic mass is 9.82. The lowest BCUT2D eigenvalue weighted by Crippen LogP contribution is -2.59. The molecule has 23 heteroatoms. The van der Waals surface area contributed by atoms with Gasteiger partial charge in [-0.1, -0.05) is 6.07 Å². The number of hydrogen-bond acceptors (Lipinski definition) is 13. The van der Waals surface area contributed by atoms with Crippen LogP contribution in [0.15, 0.2) is 49.1 Å². The van der Waals surface area contributed by atoms with Crippen molar-refractivity contribution >= 4 is 58.1 Å². The minimum Gasteiger partial charge on any atom is -0.379 e. The molecule has 6 N–H and O–H groups in total. The number of pyridine rings is 1. The van der Waals surface area contributed by atoms with Crippen molar-refractivity contribution in [2.75, 3.05) is 58.8 Å². The van der Waals surface area contributed by atoms with E-state index in [1.165, 1.54) is 17.3 Å². The van der Waals surface area contributed by atoms with Gasteiger partial charge >= 0.3 is 6.18 Å². The summed E-state index contributed by atoms with van der Waals surface area (Å²) in [4.78, 5) is 109. The van der Waals surface area contributed by atoms with Crippen LogP contribution < -0.4 is 31.9 Å². The van der Waals surface area contributed by atoms with E-state index in [1.807, 2.05) is 11.0 Å². The van der Waals surface area contributed by atoms with Crippen LogP contribution >= 0.6 is 0 Å². The quantitative estimate of drug-likeness (QED) is 0.0793. The zero-order valence-electron chi connectivity index (χ0n) is 43.1. The molecule has 408 valence electrons. The molecule has 2 aliphatic carbocycles. The molecule has 0 unspecified atom stereocenters. The maximum absolute atomic E-state index is 14.1. The van der Waals surface area contributed by atoms with Crippen LogP contribution in [0.2, 0.25) is 0 Å². The maximum atomic E-state index is 14.1. The molecule has 2 aliphatic heterocycles. The Morgan fingerprint density at radius 3 is 2.28 bits per heavy atom. The number of halogens is 3. The molecule has 0 bridgehead atoms. The summed E-state index contributed by atoms with van der Waals surface area (Å²) < 4.78 is 46.4. The van der Waals surface area contributed by atoms with E-state index in [0.29, 0.717) is 57.0 Å². The third kappa shape index (κ3) is 14.9. The second-order valence-corrected chi connectivity index (χ2v) is 20.4. The smallest absolute Gasteiger partial charge is 0.379 e. The van der Waals surface area contributed by atoms with Crippen molar-refractivity contribution in [2.24, 2.45) is 11.8 Å². The monoisotopic (exact) mass is 1050 g/mol. The molecule has 0 spiro atoms. The van der Waals surface area contributed by atoms with Crippen LogP contribution in [-0.2, 0) is 44.5 Å². The fraction of sp³-hybridized carbons (Fsp3) is 0.615. The minimum absolute atomic E-state index is 0.00438. The number of fused-ring (bicyclic) bond motifs is 1. The van der Waals surface area contributed by atoms with Gasteiger partial charge in [0.1, 0.15) is 18.2 Å². The Balaban J connectivity index is 0.766. The third-order valence-corrected chi connectivity index (χ3v) is 15.2. The lowest BCUT2D eigenvalue weighted by Gasteiger charge is -2.45. The van der Waals surface area contributed by atoms with Gasteiger partial charge < -0.3 is 51.3 Å². The summed E-state index contributed by atoms with van der Waals surface area (Å²) >= 11 is 0. The van der Waals surface area contributed by atoms with E-state index >= 15 is 0 Å². The third-order valence-electron chi connectivity index (χ3n) is 15.2. The van der Waals surface area contributed by atoms with E-state index in [0.717, 1.165) is 24.1 Å². The Kier molecular flexibility index (Phi) is 19.4. The maximum Gasteiger partial charge on any atom is 0.416 e. The van der Waals surface area contributed by atoms with E-state index in [2.05, 4.69) is 72.6 Å². The number of nitrogens with one attached hydrogen (secondary N) is 6. The van der Waals surface area contributed by atoms with E-state index < -0.39 is 29.7 Å². The summed E-state index contributed by atoms with van der Waals surface area (Å²) in [5, 5.41) is 17.8. The molecule has 4 aliphatic rings. The lowest BCUT2D eigenvalue weighted by molar-refractivity contribution is -0.137. The van der Waals surface area contributed by atoms with Crippen LogP contribution in [0, 0.1) is 11.8 Å². The van der Waals surface area contributed by atoms with Crippen LogP contribution in [-0.4, -0.2) is 161 Å². The Hall–Kier alpha value is -6.49. The van der Waals surface area contributed by atoms with Gasteiger partial charge in [-0.2, -0.15) is 13.2 Å². The standard InChI is InChI=1S/C52H71F3N12O8/c1-31(2)65(3)36-12-14-42(67-23-17-40(51(67)74)63-48-37-26-34(52(53,54)55)9-13-39(37)60-30-61-48)41(27-36)64-49(72)32-7-10-35(11-8-32)62-45(70)18-24-75-25-22-58-44(69)15-20-57-43(68)16-21-59-50(73)38-28-46(71)66(4)47(38)33-6-5-19-56-29-33/h5-6,9,13,19,26,29-32,35-36,38,40-42,47H,7-8,10-12,14-18,20-25,27-28H2,1-4H3,(H,57,68)(H,58,69)(H,59,73)(H,62,70)(H,64,72)(H,60,61,63)/t32?,35?,36-,38+,40+,41-,42+,47-/m1/s1. The van der Waals surface area contributed by atoms with Crippen molar-refractivity contribution in [2.45, 2.75) is 139 Å². The van der Waals surface area contributed by atoms with Crippen LogP contribution in [0.3, 0.4) is 0 Å². The van der Waals surface area contributed by atoms with Crippen LogP contribution in [0.4, 0.5) is 19.0 Å². The molecule has 2 saturated carbocycles. The number of hydrogen-bond donors (Lipinski definition) is 6. The zero-order valence-corrected chi connectivity index (χ0v) is 43.1. The number of ether oxygens (including phenoxy) is 1. The minimum atomic E-state index is -4.56. The fourth-order valence-electron chi connectivity index (χ4n) is 10.8. The molecule has 20 nitrogen and oxygen atoms in total. The molecule has 4 fully saturated rings. The second-order valence-electron chi connectivity index (χ2n) is 20.4. The normalized spacial score (nSPS) is 24.1. The van der Waals surface area contributed by atoms with Crippen molar-refractivity contribution < 1.29 is 51.5 Å². The molecule has 2 aromatic heterocycles. The first kappa shape index (κ1) is 56.2. The Morgan fingerprint density at radius 2 is 1.57 bits per heavy atom. The number of carbonyl (C=O) groups is 7. The van der Waals surface area contributed by atoms with Crippen LogP contribution in [0.5, 0.6) is 0 Å². The van der Waals surface area contributed by atoms with Crippen LogP contribution in [0.25, 0.3) is 10.9 Å². The highest BCUT2D eigenvalue weighted by atomic mass is 19.4. The predicted molar refractivity (Wildman–Crippen MR) is 270 cm³/mol. The first-order valence-corrected chi connectivity index (χ1v) is 26.1. The van der Waals surface area contributed by atoms with Crippen molar-refractivity contribution in [3.05, 3.63) is 60.2 Å². The first-order valence-electron chi connectivity index (χ1n) is 26.1. The van der Waals surface area contributed by atoms with E-state index in [4.69, 9.17) is 4.74 Å². The van der Waals surface area contributed by atoms with Crippen LogP contribution in [0.1, 0.15) is 108 Å². The molecule has 3 aromatic rings. The largest absolute Gasteiger partial charge is 0.416 e. The molecular weight excluding hydrogens is 978 g/mol. The molecule has 75 heavy (non-hydrogen) atoms. The predicted octanol–water partition coefficient (Wildman–Crippen LogP) is 3.23. The molecule has 7 rings (SSSR count). The fourth-order valence-corrected chi connectivity index (χ4v) is 10.8. The van der Waals surface area contributed by atoms with E-state index in [1.54, 1.807) is 25.5 Å². The van der Waals surface area contributed by atoms with Crippen molar-refractivity contribution in [3.8, 4) is 0 Å². The number of rotatable bonds is 22. The van der Waals surface area contributed by atoms with Gasteiger partial charge in [0.2, 0.25) is 41.4 Å². The molecule has 1 aromatic carbocycles. The number of nitrogens with zero attached hydrogens (tertiary/aromatic N) is 6. The summed E-state index contributed by atoms with van der Waals surface area (Å²) in [6, 6.07) is 5.43. The number of aromatic nitrogens is 3. The number of likely N-dealkylation sites (tertiary alicyclic amines) is 2. The SMILES string of the molecule is CC(C)N(C)[C@@H]1CC[C@H](N2CC[C@H](Nc3ncnc4ccc(C(F)(F)F)cc34)C2=O)[C@H](NC(=O)C2CCC(NC(=O)CCOCCNC(=O)CCNC(=O)CCNC(=O)[C@H]3CC(=O)N(C)[C@@H]3c3cccnc3)CC2)C1. The van der Waals surface area contributed by atoms with Gasteiger partial charge in [0.15, 0.2) is 0 Å². The van der Waals surface area contributed by atoms with Gasteiger partial charge in [-0.05, 0) is 102 Å². The van der Waals surface area contributed by atoms with Gasteiger partial charge in [-0.3, -0.25) is 38.5 Å². The second kappa shape index (κ2) is 25.8. The summed E-state index contributed by atoms with van der Waals surface area (Å²) in [5.74, 6) is -2.26. The van der Waals surface area contributed by atoms with Crippen molar-refractivity contribution in [1.82, 2.24) is 56.2 Å². The zero-order chi connectivity index (χ0) is 53.8.